The Hall–Kier alpha value is -2.14. The number of rotatable bonds is 4. The van der Waals surface area contributed by atoms with Crippen LogP contribution in [0, 0.1) is 0 Å². The van der Waals surface area contributed by atoms with Crippen molar-refractivity contribution in [1.82, 2.24) is 15.1 Å². The minimum absolute atomic E-state index is 0.0770. The van der Waals surface area contributed by atoms with Gasteiger partial charge in [-0.05, 0) is 61.6 Å². The van der Waals surface area contributed by atoms with Crippen LogP contribution in [0.5, 0.6) is 0 Å². The van der Waals surface area contributed by atoms with Crippen LogP contribution in [0.15, 0.2) is 30.5 Å². The number of anilines is 1. The number of aromatic nitrogens is 2. The molecule has 1 atom stereocenters. The minimum Gasteiger partial charge on any atom is -0.325 e. The number of nitrogens with one attached hydrogen (secondary N) is 2. The third-order valence-corrected chi connectivity index (χ3v) is 4.98. The Labute approximate surface area is 136 Å². The molecule has 2 heterocycles. The molecule has 2 aliphatic rings. The maximum Gasteiger partial charge on any atom is 0.238 e. The van der Waals surface area contributed by atoms with Gasteiger partial charge in [0.25, 0.3) is 0 Å². The lowest BCUT2D eigenvalue weighted by Gasteiger charge is -2.15. The highest BCUT2D eigenvalue weighted by Gasteiger charge is 2.26. The van der Waals surface area contributed by atoms with E-state index < -0.39 is 0 Å². The molecule has 5 nitrogen and oxygen atoms in total. The number of carbonyl (C=O) groups excluding carboxylic acids is 1. The van der Waals surface area contributed by atoms with Gasteiger partial charge in [0.05, 0.1) is 6.54 Å². The quantitative estimate of drug-likeness (QED) is 0.911. The van der Waals surface area contributed by atoms with Crippen LogP contribution in [0.3, 0.4) is 0 Å². The van der Waals surface area contributed by atoms with E-state index in [1.54, 1.807) is 6.20 Å². The largest absolute Gasteiger partial charge is 0.325 e. The Balaban J connectivity index is 1.32. The van der Waals surface area contributed by atoms with Crippen LogP contribution in [-0.2, 0) is 17.6 Å². The van der Waals surface area contributed by atoms with Gasteiger partial charge in [-0.15, -0.1) is 0 Å². The number of aromatic amines is 1. The van der Waals surface area contributed by atoms with Crippen LogP contribution >= 0.6 is 0 Å². The topological polar surface area (TPSA) is 61.0 Å². The average Bonchev–Trinajstić information content (AvgIpc) is 3.27. The summed E-state index contributed by atoms with van der Waals surface area (Å²) in [6.07, 6.45) is 6.41. The van der Waals surface area contributed by atoms with E-state index in [0.717, 1.165) is 31.6 Å². The first kappa shape index (κ1) is 14.5. The second kappa shape index (κ2) is 6.16. The number of aryl methyl sites for hydroxylation is 2. The minimum atomic E-state index is 0.0770. The summed E-state index contributed by atoms with van der Waals surface area (Å²) in [5.74, 6) is 0.540. The normalized spacial score (nSPS) is 20.6. The van der Waals surface area contributed by atoms with Crippen LogP contribution in [0.25, 0.3) is 0 Å². The zero-order valence-corrected chi connectivity index (χ0v) is 13.2. The molecule has 1 aliphatic carbocycles. The predicted molar refractivity (Wildman–Crippen MR) is 89.5 cm³/mol. The van der Waals surface area contributed by atoms with E-state index in [-0.39, 0.29) is 5.91 Å². The molecule has 0 radical (unpaired) electrons. The molecular weight excluding hydrogens is 288 g/mol. The highest BCUT2D eigenvalue weighted by molar-refractivity contribution is 5.92. The summed E-state index contributed by atoms with van der Waals surface area (Å²) in [4.78, 5) is 14.5. The van der Waals surface area contributed by atoms with Gasteiger partial charge in [-0.25, -0.2) is 0 Å². The molecule has 1 aliphatic heterocycles. The number of amides is 1. The lowest BCUT2D eigenvalue weighted by Crippen LogP contribution is -2.31. The van der Waals surface area contributed by atoms with Gasteiger partial charge in [0.15, 0.2) is 0 Å². The predicted octanol–water partition coefficient (Wildman–Crippen LogP) is 2.33. The molecule has 1 unspecified atom stereocenters. The maximum absolute atomic E-state index is 12.3. The van der Waals surface area contributed by atoms with Gasteiger partial charge in [0.2, 0.25) is 5.91 Å². The molecule has 23 heavy (non-hydrogen) atoms. The van der Waals surface area contributed by atoms with E-state index in [2.05, 4.69) is 32.5 Å². The summed E-state index contributed by atoms with van der Waals surface area (Å²) < 4.78 is 0. The van der Waals surface area contributed by atoms with Crippen molar-refractivity contribution in [3.05, 3.63) is 47.3 Å². The lowest BCUT2D eigenvalue weighted by molar-refractivity contribution is -0.117. The third kappa shape index (κ3) is 3.15. The first-order valence-corrected chi connectivity index (χ1v) is 8.41. The molecule has 1 saturated heterocycles. The molecule has 5 heteroatoms. The van der Waals surface area contributed by atoms with E-state index in [1.807, 2.05) is 12.1 Å². The van der Waals surface area contributed by atoms with Crippen molar-refractivity contribution in [2.75, 3.05) is 25.0 Å². The molecule has 0 spiro atoms. The van der Waals surface area contributed by atoms with Crippen LogP contribution in [0.2, 0.25) is 0 Å². The molecule has 0 saturated carbocycles. The Morgan fingerprint density at radius 2 is 2.22 bits per heavy atom. The number of fused-ring (bicyclic) bond motifs is 1. The number of benzene rings is 1. The molecule has 2 aromatic rings. The van der Waals surface area contributed by atoms with E-state index in [4.69, 9.17) is 0 Å². The van der Waals surface area contributed by atoms with Crippen molar-refractivity contribution in [2.24, 2.45) is 0 Å². The molecule has 1 aromatic heterocycles. The van der Waals surface area contributed by atoms with E-state index in [9.17, 15) is 4.79 Å². The average molecular weight is 310 g/mol. The fourth-order valence-corrected chi connectivity index (χ4v) is 3.78. The number of hydrogen-bond acceptors (Lipinski definition) is 3. The number of hydrogen-bond donors (Lipinski definition) is 2. The second-order valence-corrected chi connectivity index (χ2v) is 6.62. The summed E-state index contributed by atoms with van der Waals surface area (Å²) in [7, 11) is 0. The number of nitrogens with zero attached hydrogens (tertiary/aromatic N) is 2. The number of H-pyrrole nitrogens is 1. The van der Waals surface area contributed by atoms with Crippen LogP contribution in [0.4, 0.5) is 5.69 Å². The van der Waals surface area contributed by atoms with E-state index in [1.165, 1.54) is 29.7 Å². The molecular formula is C18H22N4O. The summed E-state index contributed by atoms with van der Waals surface area (Å²) in [5.41, 5.74) is 4.93. The molecule has 1 amide bonds. The molecule has 120 valence electrons. The second-order valence-electron chi connectivity index (χ2n) is 6.62. The van der Waals surface area contributed by atoms with Gasteiger partial charge in [-0.1, -0.05) is 6.07 Å². The Morgan fingerprint density at radius 1 is 1.30 bits per heavy atom. The summed E-state index contributed by atoms with van der Waals surface area (Å²) in [5, 5.41) is 10.1. The summed E-state index contributed by atoms with van der Waals surface area (Å²) >= 11 is 0. The maximum atomic E-state index is 12.3. The van der Waals surface area contributed by atoms with Crippen molar-refractivity contribution >= 4 is 11.6 Å². The smallest absolute Gasteiger partial charge is 0.238 e. The molecule has 1 fully saturated rings. The summed E-state index contributed by atoms with van der Waals surface area (Å²) in [6, 6.07) is 8.35. The van der Waals surface area contributed by atoms with E-state index >= 15 is 0 Å². The summed E-state index contributed by atoms with van der Waals surface area (Å²) in [6.45, 7) is 2.34. The van der Waals surface area contributed by atoms with Gasteiger partial charge >= 0.3 is 0 Å². The fraction of sp³-hybridized carbons (Fsp3) is 0.444. The SMILES string of the molecule is O=C(CN1CCC(c2ccn[nH]2)C1)Nc1ccc2c(c1)CCC2. The van der Waals surface area contributed by atoms with Crippen molar-refractivity contribution in [1.29, 1.82) is 0 Å². The van der Waals surface area contributed by atoms with Crippen molar-refractivity contribution in [2.45, 2.75) is 31.6 Å². The third-order valence-electron chi connectivity index (χ3n) is 4.98. The fourth-order valence-electron chi connectivity index (χ4n) is 3.78. The van der Waals surface area contributed by atoms with Crippen LogP contribution < -0.4 is 5.32 Å². The Bertz CT molecular complexity index is 695. The van der Waals surface area contributed by atoms with Crippen LogP contribution in [0.1, 0.15) is 35.6 Å². The zero-order valence-electron chi connectivity index (χ0n) is 13.2. The molecule has 4 rings (SSSR count). The first-order valence-electron chi connectivity index (χ1n) is 8.41. The van der Waals surface area contributed by atoms with E-state index in [0.29, 0.717) is 12.5 Å². The first-order chi connectivity index (χ1) is 11.3. The van der Waals surface area contributed by atoms with Crippen molar-refractivity contribution in [3.8, 4) is 0 Å². The van der Waals surface area contributed by atoms with Crippen molar-refractivity contribution < 1.29 is 4.79 Å². The lowest BCUT2D eigenvalue weighted by atomic mass is 10.1. The number of likely N-dealkylation sites (tertiary alicyclic amines) is 1. The monoisotopic (exact) mass is 310 g/mol. The molecule has 2 N–H and O–H groups in total. The van der Waals surface area contributed by atoms with Crippen molar-refractivity contribution in [3.63, 3.8) is 0 Å². The Morgan fingerprint density at radius 3 is 3.09 bits per heavy atom. The molecule has 1 aromatic carbocycles. The highest BCUT2D eigenvalue weighted by atomic mass is 16.2. The highest BCUT2D eigenvalue weighted by Crippen LogP contribution is 2.26. The van der Waals surface area contributed by atoms with Gasteiger partial charge in [0, 0.05) is 30.0 Å². The van der Waals surface area contributed by atoms with Gasteiger partial charge in [-0.3, -0.25) is 14.8 Å². The molecule has 0 bridgehead atoms. The van der Waals surface area contributed by atoms with Gasteiger partial charge in [-0.2, -0.15) is 5.10 Å². The van der Waals surface area contributed by atoms with Gasteiger partial charge in [0.1, 0.15) is 0 Å². The number of carbonyl (C=O) groups is 1. The van der Waals surface area contributed by atoms with Crippen LogP contribution in [-0.4, -0.2) is 40.6 Å². The Kier molecular flexibility index (Phi) is 3.87. The standard InChI is InChI=1S/C18H22N4O/c23-18(20-16-5-4-13-2-1-3-14(13)10-16)12-22-9-7-15(11-22)17-6-8-19-21-17/h4-6,8,10,15H,1-3,7,9,11-12H2,(H,19,21)(H,20,23). The van der Waals surface area contributed by atoms with Gasteiger partial charge < -0.3 is 5.32 Å². The zero-order chi connectivity index (χ0) is 15.6.